The summed E-state index contributed by atoms with van der Waals surface area (Å²) in [5.41, 5.74) is 1.70. The van der Waals surface area contributed by atoms with Crippen molar-refractivity contribution in [3.05, 3.63) is 64.4 Å². The fraction of sp³-hybridized carbons (Fsp3) is 0.200. The van der Waals surface area contributed by atoms with E-state index in [2.05, 4.69) is 0 Å². The third kappa shape index (κ3) is 3.50. The van der Waals surface area contributed by atoms with E-state index in [0.29, 0.717) is 6.42 Å². The lowest BCUT2D eigenvalue weighted by molar-refractivity contribution is 0.175. The van der Waals surface area contributed by atoms with Crippen LogP contribution in [0.2, 0.25) is 5.02 Å². The number of thioether (sulfide) groups is 1. The van der Waals surface area contributed by atoms with Crippen molar-refractivity contribution in [2.45, 2.75) is 17.4 Å². The molecule has 0 aliphatic heterocycles. The third-order valence-electron chi connectivity index (χ3n) is 2.91. The zero-order valence-corrected chi connectivity index (χ0v) is 12.0. The summed E-state index contributed by atoms with van der Waals surface area (Å²) >= 11 is 7.33. The van der Waals surface area contributed by atoms with Crippen molar-refractivity contribution in [1.29, 1.82) is 0 Å². The Morgan fingerprint density at radius 2 is 2.00 bits per heavy atom. The SMILES string of the molecule is CSc1ccccc1C(O)Cc1ccc(F)c(Cl)c1. The molecule has 100 valence electrons. The second kappa shape index (κ2) is 6.42. The van der Waals surface area contributed by atoms with Gasteiger partial charge in [-0.05, 0) is 35.6 Å². The maximum atomic E-state index is 13.1. The molecule has 19 heavy (non-hydrogen) atoms. The van der Waals surface area contributed by atoms with Crippen molar-refractivity contribution in [3.63, 3.8) is 0 Å². The normalized spacial score (nSPS) is 12.4. The average Bonchev–Trinajstić information content (AvgIpc) is 2.43. The molecule has 4 heteroatoms. The Bertz CT molecular complexity index is 574. The molecule has 0 saturated heterocycles. The van der Waals surface area contributed by atoms with Crippen LogP contribution in [0.1, 0.15) is 17.2 Å². The van der Waals surface area contributed by atoms with Gasteiger partial charge in [0.1, 0.15) is 5.82 Å². The molecule has 1 N–H and O–H groups in total. The minimum Gasteiger partial charge on any atom is -0.388 e. The van der Waals surface area contributed by atoms with Gasteiger partial charge in [-0.1, -0.05) is 35.9 Å². The third-order valence-corrected chi connectivity index (χ3v) is 4.01. The van der Waals surface area contributed by atoms with Gasteiger partial charge >= 0.3 is 0 Å². The lowest BCUT2D eigenvalue weighted by Gasteiger charge is -2.14. The molecule has 2 aromatic carbocycles. The number of hydrogen-bond donors (Lipinski definition) is 1. The van der Waals surface area contributed by atoms with Crippen LogP contribution < -0.4 is 0 Å². The van der Waals surface area contributed by atoms with E-state index in [1.807, 2.05) is 30.5 Å². The predicted molar refractivity (Wildman–Crippen MR) is 78.3 cm³/mol. The molecule has 0 spiro atoms. The van der Waals surface area contributed by atoms with E-state index in [0.717, 1.165) is 16.0 Å². The summed E-state index contributed by atoms with van der Waals surface area (Å²) in [6.07, 6.45) is 1.77. The number of rotatable bonds is 4. The molecule has 0 aliphatic rings. The van der Waals surface area contributed by atoms with Crippen molar-refractivity contribution in [2.75, 3.05) is 6.26 Å². The Labute approximate surface area is 121 Å². The van der Waals surface area contributed by atoms with Gasteiger partial charge in [-0.15, -0.1) is 11.8 Å². The fourth-order valence-corrected chi connectivity index (χ4v) is 2.80. The molecule has 0 aliphatic carbocycles. The van der Waals surface area contributed by atoms with E-state index in [1.165, 1.54) is 6.07 Å². The second-order valence-electron chi connectivity index (χ2n) is 4.21. The van der Waals surface area contributed by atoms with Crippen molar-refractivity contribution in [2.24, 2.45) is 0 Å². The van der Waals surface area contributed by atoms with Gasteiger partial charge in [0.25, 0.3) is 0 Å². The maximum absolute atomic E-state index is 13.1. The minimum absolute atomic E-state index is 0.0860. The van der Waals surface area contributed by atoms with Crippen molar-refractivity contribution in [1.82, 2.24) is 0 Å². The van der Waals surface area contributed by atoms with Gasteiger partial charge in [-0.3, -0.25) is 0 Å². The lowest BCUT2D eigenvalue weighted by atomic mass is 10.0. The van der Waals surface area contributed by atoms with Gasteiger partial charge in [-0.2, -0.15) is 0 Å². The summed E-state index contributed by atoms with van der Waals surface area (Å²) < 4.78 is 13.1. The van der Waals surface area contributed by atoms with Crippen LogP contribution in [-0.4, -0.2) is 11.4 Å². The van der Waals surface area contributed by atoms with Crippen LogP contribution in [-0.2, 0) is 6.42 Å². The summed E-state index contributed by atoms with van der Waals surface area (Å²) in [5, 5.41) is 10.4. The molecule has 0 fully saturated rings. The van der Waals surface area contributed by atoms with E-state index in [1.54, 1.807) is 23.9 Å². The zero-order chi connectivity index (χ0) is 13.8. The monoisotopic (exact) mass is 296 g/mol. The lowest BCUT2D eigenvalue weighted by Crippen LogP contribution is -2.03. The second-order valence-corrected chi connectivity index (χ2v) is 5.47. The van der Waals surface area contributed by atoms with E-state index < -0.39 is 11.9 Å². The molecular formula is C15H14ClFOS. The van der Waals surface area contributed by atoms with Crippen molar-refractivity contribution < 1.29 is 9.50 Å². The predicted octanol–water partition coefficient (Wildman–Crippen LogP) is 4.48. The quantitative estimate of drug-likeness (QED) is 0.840. The number of halogens is 2. The first-order chi connectivity index (χ1) is 9.11. The van der Waals surface area contributed by atoms with Crippen molar-refractivity contribution >= 4 is 23.4 Å². The molecule has 0 amide bonds. The first kappa shape index (κ1) is 14.4. The number of aliphatic hydroxyl groups excluding tert-OH is 1. The van der Waals surface area contributed by atoms with E-state index in [-0.39, 0.29) is 5.02 Å². The summed E-state index contributed by atoms with van der Waals surface area (Å²) in [5.74, 6) is -0.440. The minimum atomic E-state index is -0.620. The molecule has 0 aromatic heterocycles. The molecular weight excluding hydrogens is 283 g/mol. The van der Waals surface area contributed by atoms with Gasteiger partial charge in [0.05, 0.1) is 11.1 Å². The van der Waals surface area contributed by atoms with E-state index in [9.17, 15) is 9.50 Å². The summed E-state index contributed by atoms with van der Waals surface area (Å²) in [6, 6.07) is 12.2. The van der Waals surface area contributed by atoms with Crippen LogP contribution in [0, 0.1) is 5.82 Å². The number of aliphatic hydroxyl groups is 1. The van der Waals surface area contributed by atoms with Gasteiger partial charge in [0.15, 0.2) is 0 Å². The molecule has 0 radical (unpaired) electrons. The topological polar surface area (TPSA) is 20.2 Å². The Kier molecular flexibility index (Phi) is 4.86. The van der Waals surface area contributed by atoms with Crippen molar-refractivity contribution in [3.8, 4) is 0 Å². The van der Waals surface area contributed by atoms with E-state index >= 15 is 0 Å². The van der Waals surface area contributed by atoms with Gasteiger partial charge < -0.3 is 5.11 Å². The first-order valence-corrected chi connectivity index (χ1v) is 7.47. The Balaban J connectivity index is 2.20. The highest BCUT2D eigenvalue weighted by molar-refractivity contribution is 7.98. The maximum Gasteiger partial charge on any atom is 0.141 e. The molecule has 2 rings (SSSR count). The standard InChI is InChI=1S/C15H14ClFOS/c1-19-15-5-3-2-4-11(15)14(18)9-10-6-7-13(17)12(16)8-10/h2-8,14,18H,9H2,1H3. The molecule has 0 saturated carbocycles. The Hall–Kier alpha value is -1.03. The average molecular weight is 297 g/mol. The fourth-order valence-electron chi connectivity index (χ4n) is 1.94. The summed E-state index contributed by atoms with van der Waals surface area (Å²) in [4.78, 5) is 1.04. The first-order valence-electron chi connectivity index (χ1n) is 5.86. The molecule has 1 atom stereocenters. The zero-order valence-electron chi connectivity index (χ0n) is 10.4. The Morgan fingerprint density at radius 1 is 1.26 bits per heavy atom. The van der Waals surface area contributed by atoms with Crippen LogP contribution in [0.25, 0.3) is 0 Å². The molecule has 0 bridgehead atoms. The van der Waals surface area contributed by atoms with Gasteiger partial charge in [0.2, 0.25) is 0 Å². The highest BCUT2D eigenvalue weighted by Gasteiger charge is 2.13. The highest BCUT2D eigenvalue weighted by atomic mass is 35.5. The smallest absolute Gasteiger partial charge is 0.141 e. The van der Waals surface area contributed by atoms with Crippen LogP contribution in [0.4, 0.5) is 4.39 Å². The van der Waals surface area contributed by atoms with Crippen LogP contribution in [0.15, 0.2) is 47.4 Å². The van der Waals surface area contributed by atoms with Crippen LogP contribution in [0.3, 0.4) is 0 Å². The van der Waals surface area contributed by atoms with Gasteiger partial charge in [-0.25, -0.2) is 4.39 Å². The van der Waals surface area contributed by atoms with Crippen LogP contribution >= 0.6 is 23.4 Å². The van der Waals surface area contributed by atoms with E-state index in [4.69, 9.17) is 11.6 Å². The summed E-state index contributed by atoms with van der Waals surface area (Å²) in [7, 11) is 0. The van der Waals surface area contributed by atoms with Gasteiger partial charge in [0, 0.05) is 11.3 Å². The molecule has 2 aromatic rings. The Morgan fingerprint density at radius 3 is 2.68 bits per heavy atom. The number of benzene rings is 2. The molecule has 1 nitrogen and oxygen atoms in total. The van der Waals surface area contributed by atoms with Crippen LogP contribution in [0.5, 0.6) is 0 Å². The molecule has 1 unspecified atom stereocenters. The summed E-state index contributed by atoms with van der Waals surface area (Å²) in [6.45, 7) is 0. The number of hydrogen-bond acceptors (Lipinski definition) is 2. The largest absolute Gasteiger partial charge is 0.388 e. The molecule has 0 heterocycles. The highest BCUT2D eigenvalue weighted by Crippen LogP contribution is 2.28.